The normalized spacial score (nSPS) is 20.1. The second kappa shape index (κ2) is 6.98. The SMILES string of the molecule is O=C(OCCOc1ccccc1)N1CCC2(CC1)OCCO2. The molecule has 0 unspecified atom stereocenters. The fourth-order valence-corrected chi connectivity index (χ4v) is 2.71. The first-order valence-corrected chi connectivity index (χ1v) is 7.65. The number of hydrogen-bond acceptors (Lipinski definition) is 5. The molecule has 0 bridgehead atoms. The quantitative estimate of drug-likeness (QED) is 0.797. The Bertz CT molecular complexity index is 477. The van der Waals surface area contributed by atoms with Crippen molar-refractivity contribution in [2.75, 3.05) is 39.5 Å². The highest BCUT2D eigenvalue weighted by Gasteiger charge is 2.41. The van der Waals surface area contributed by atoms with Crippen LogP contribution in [0.25, 0.3) is 0 Å². The van der Waals surface area contributed by atoms with E-state index in [2.05, 4.69) is 0 Å². The van der Waals surface area contributed by atoms with Gasteiger partial charge in [-0.05, 0) is 12.1 Å². The average molecular weight is 307 g/mol. The zero-order chi connectivity index (χ0) is 15.3. The lowest BCUT2D eigenvalue weighted by Crippen LogP contribution is -2.47. The molecule has 2 heterocycles. The van der Waals surface area contributed by atoms with Gasteiger partial charge in [-0.25, -0.2) is 4.79 Å². The number of carbonyl (C=O) groups excluding carboxylic acids is 1. The number of piperidine rings is 1. The lowest BCUT2D eigenvalue weighted by Gasteiger charge is -2.36. The molecule has 1 amide bonds. The van der Waals surface area contributed by atoms with Crippen LogP contribution in [0.5, 0.6) is 5.75 Å². The van der Waals surface area contributed by atoms with E-state index in [1.807, 2.05) is 30.3 Å². The molecule has 0 N–H and O–H groups in total. The molecule has 2 fully saturated rings. The Morgan fingerprint density at radius 3 is 2.45 bits per heavy atom. The number of hydrogen-bond donors (Lipinski definition) is 0. The largest absolute Gasteiger partial charge is 0.490 e. The van der Waals surface area contributed by atoms with Crippen molar-refractivity contribution < 1.29 is 23.7 Å². The van der Waals surface area contributed by atoms with Crippen molar-refractivity contribution >= 4 is 6.09 Å². The second-order valence-corrected chi connectivity index (χ2v) is 5.37. The molecule has 22 heavy (non-hydrogen) atoms. The fraction of sp³-hybridized carbons (Fsp3) is 0.562. The van der Waals surface area contributed by atoms with Crippen molar-refractivity contribution in [3.05, 3.63) is 30.3 Å². The molecule has 1 aromatic rings. The fourth-order valence-electron chi connectivity index (χ4n) is 2.71. The van der Waals surface area contributed by atoms with Crippen LogP contribution in [0, 0.1) is 0 Å². The third kappa shape index (κ3) is 3.69. The van der Waals surface area contributed by atoms with Gasteiger partial charge >= 0.3 is 6.09 Å². The van der Waals surface area contributed by atoms with Crippen LogP contribution in [-0.4, -0.2) is 56.3 Å². The van der Waals surface area contributed by atoms with Gasteiger partial charge in [0.15, 0.2) is 5.79 Å². The molecule has 120 valence electrons. The first kappa shape index (κ1) is 15.1. The van der Waals surface area contributed by atoms with Crippen molar-refractivity contribution in [2.24, 2.45) is 0 Å². The minimum absolute atomic E-state index is 0.238. The summed E-state index contributed by atoms with van der Waals surface area (Å²) in [6.45, 7) is 3.06. The van der Waals surface area contributed by atoms with E-state index < -0.39 is 5.79 Å². The van der Waals surface area contributed by atoms with Crippen LogP contribution >= 0.6 is 0 Å². The molecule has 0 saturated carbocycles. The van der Waals surface area contributed by atoms with Gasteiger partial charge in [-0.3, -0.25) is 0 Å². The summed E-state index contributed by atoms with van der Waals surface area (Å²) in [6, 6.07) is 9.46. The Hall–Kier alpha value is -1.79. The van der Waals surface area contributed by atoms with E-state index in [1.165, 1.54) is 0 Å². The minimum atomic E-state index is -0.465. The van der Waals surface area contributed by atoms with Crippen LogP contribution in [0.4, 0.5) is 4.79 Å². The molecule has 6 heteroatoms. The van der Waals surface area contributed by atoms with Gasteiger partial charge in [0.2, 0.25) is 0 Å². The maximum absolute atomic E-state index is 12.0. The van der Waals surface area contributed by atoms with E-state index in [-0.39, 0.29) is 12.7 Å². The molecule has 0 radical (unpaired) electrons. The maximum atomic E-state index is 12.0. The summed E-state index contributed by atoms with van der Waals surface area (Å²) in [4.78, 5) is 13.7. The number of carbonyl (C=O) groups is 1. The summed E-state index contributed by atoms with van der Waals surface area (Å²) < 4.78 is 22.0. The zero-order valence-corrected chi connectivity index (χ0v) is 12.5. The molecular formula is C16H21NO5. The molecule has 3 rings (SSSR count). The van der Waals surface area contributed by atoms with Crippen molar-refractivity contribution in [3.63, 3.8) is 0 Å². The molecule has 0 aromatic heterocycles. The van der Waals surface area contributed by atoms with E-state index in [9.17, 15) is 4.79 Å². The summed E-state index contributed by atoms with van der Waals surface area (Å²) in [6.07, 6.45) is 1.09. The topological polar surface area (TPSA) is 57.2 Å². The summed E-state index contributed by atoms with van der Waals surface area (Å²) in [5.41, 5.74) is 0. The predicted molar refractivity (Wildman–Crippen MR) is 78.7 cm³/mol. The number of likely N-dealkylation sites (tertiary alicyclic amines) is 1. The summed E-state index contributed by atoms with van der Waals surface area (Å²) in [5.74, 6) is 0.307. The van der Waals surface area contributed by atoms with Gasteiger partial charge in [0, 0.05) is 25.9 Å². The Morgan fingerprint density at radius 1 is 1.09 bits per heavy atom. The van der Waals surface area contributed by atoms with E-state index in [1.54, 1.807) is 4.90 Å². The number of rotatable bonds is 4. The summed E-state index contributed by atoms with van der Waals surface area (Å²) >= 11 is 0. The Kier molecular flexibility index (Phi) is 4.80. The molecule has 1 aromatic carbocycles. The first-order valence-electron chi connectivity index (χ1n) is 7.65. The molecule has 2 aliphatic heterocycles. The highest BCUT2D eigenvalue weighted by molar-refractivity contribution is 5.67. The zero-order valence-electron chi connectivity index (χ0n) is 12.5. The van der Waals surface area contributed by atoms with Crippen LogP contribution in [0.2, 0.25) is 0 Å². The summed E-state index contributed by atoms with van der Waals surface area (Å²) in [7, 11) is 0. The van der Waals surface area contributed by atoms with Crippen molar-refractivity contribution in [3.8, 4) is 5.75 Å². The highest BCUT2D eigenvalue weighted by atomic mass is 16.7. The second-order valence-electron chi connectivity index (χ2n) is 5.37. The lowest BCUT2D eigenvalue weighted by atomic mass is 10.0. The van der Waals surface area contributed by atoms with Gasteiger partial charge in [0.25, 0.3) is 0 Å². The molecule has 6 nitrogen and oxygen atoms in total. The molecule has 1 spiro atoms. The maximum Gasteiger partial charge on any atom is 0.409 e. The molecule has 2 aliphatic rings. The minimum Gasteiger partial charge on any atom is -0.490 e. The third-order valence-electron chi connectivity index (χ3n) is 3.92. The molecular weight excluding hydrogens is 286 g/mol. The van der Waals surface area contributed by atoms with E-state index >= 15 is 0 Å². The highest BCUT2D eigenvalue weighted by Crippen LogP contribution is 2.31. The van der Waals surface area contributed by atoms with Crippen LogP contribution in [0.15, 0.2) is 30.3 Å². The van der Waals surface area contributed by atoms with Crippen LogP contribution < -0.4 is 4.74 Å². The Labute approximate surface area is 129 Å². The number of ether oxygens (including phenoxy) is 4. The van der Waals surface area contributed by atoms with E-state index in [4.69, 9.17) is 18.9 Å². The number of nitrogens with zero attached hydrogens (tertiary/aromatic N) is 1. The van der Waals surface area contributed by atoms with Crippen LogP contribution in [0.3, 0.4) is 0 Å². The van der Waals surface area contributed by atoms with Crippen molar-refractivity contribution in [2.45, 2.75) is 18.6 Å². The summed E-state index contributed by atoms with van der Waals surface area (Å²) in [5, 5.41) is 0. The number of amides is 1. The predicted octanol–water partition coefficient (Wildman–Crippen LogP) is 2.04. The van der Waals surface area contributed by atoms with E-state index in [0.717, 1.165) is 5.75 Å². The third-order valence-corrected chi connectivity index (χ3v) is 3.92. The molecule has 2 saturated heterocycles. The van der Waals surface area contributed by atoms with Gasteiger partial charge in [-0.15, -0.1) is 0 Å². The first-order chi connectivity index (χ1) is 10.8. The number of para-hydroxylation sites is 1. The van der Waals surface area contributed by atoms with Crippen molar-refractivity contribution in [1.29, 1.82) is 0 Å². The molecule has 0 atom stereocenters. The monoisotopic (exact) mass is 307 g/mol. The van der Waals surface area contributed by atoms with Crippen molar-refractivity contribution in [1.82, 2.24) is 4.90 Å². The Balaban J connectivity index is 1.34. The van der Waals surface area contributed by atoms with Crippen LogP contribution in [-0.2, 0) is 14.2 Å². The average Bonchev–Trinajstić information content (AvgIpc) is 3.01. The standard InChI is InChI=1S/C16H21NO5/c18-15(20-11-10-19-14-4-2-1-3-5-14)17-8-6-16(7-9-17)21-12-13-22-16/h1-5H,6-13H2. The van der Waals surface area contributed by atoms with Gasteiger partial charge < -0.3 is 23.8 Å². The Morgan fingerprint density at radius 2 is 1.77 bits per heavy atom. The van der Waals surface area contributed by atoms with Gasteiger partial charge in [-0.1, -0.05) is 18.2 Å². The molecule has 0 aliphatic carbocycles. The lowest BCUT2D eigenvalue weighted by molar-refractivity contribution is -0.182. The smallest absolute Gasteiger partial charge is 0.409 e. The van der Waals surface area contributed by atoms with Gasteiger partial charge in [-0.2, -0.15) is 0 Å². The van der Waals surface area contributed by atoms with Gasteiger partial charge in [0.1, 0.15) is 19.0 Å². The number of benzene rings is 1. The van der Waals surface area contributed by atoms with Gasteiger partial charge in [0.05, 0.1) is 13.2 Å². The van der Waals surface area contributed by atoms with E-state index in [0.29, 0.717) is 45.8 Å². The van der Waals surface area contributed by atoms with Crippen LogP contribution in [0.1, 0.15) is 12.8 Å².